The van der Waals surface area contributed by atoms with Gasteiger partial charge in [0.2, 0.25) is 0 Å². The van der Waals surface area contributed by atoms with Gasteiger partial charge in [0.15, 0.2) is 0 Å². The molecule has 0 unspecified atom stereocenters. The van der Waals surface area contributed by atoms with Crippen molar-refractivity contribution in [2.24, 2.45) is 0 Å². The summed E-state index contributed by atoms with van der Waals surface area (Å²) in [6.07, 6.45) is 0. The van der Waals surface area contributed by atoms with E-state index in [0.717, 1.165) is 45.4 Å². The third kappa shape index (κ3) is 14.2. The summed E-state index contributed by atoms with van der Waals surface area (Å²) >= 11 is 3.89. The summed E-state index contributed by atoms with van der Waals surface area (Å²) in [5.74, 6) is 3.50. The Bertz CT molecular complexity index is 697. The number of hydrogen-bond donors (Lipinski definition) is 3. The van der Waals surface area contributed by atoms with Crippen molar-refractivity contribution in [3.63, 3.8) is 0 Å². The summed E-state index contributed by atoms with van der Waals surface area (Å²) < 4.78 is 1.11. The molecule has 0 aliphatic heterocycles. The molecule has 10 heteroatoms. The topological polar surface area (TPSA) is 95.9 Å². The van der Waals surface area contributed by atoms with E-state index < -0.39 is 0 Å². The minimum Gasteiger partial charge on any atom is -0.400 e. The molecule has 0 atom stereocenters. The molecule has 0 aliphatic rings. The van der Waals surface area contributed by atoms with Crippen LogP contribution in [0.2, 0.25) is 0 Å². The van der Waals surface area contributed by atoms with Crippen molar-refractivity contribution in [2.75, 3.05) is 17.7 Å². The smallest absolute Gasteiger partial charge is 0.143 e. The second-order valence-electron chi connectivity index (χ2n) is 6.56. The van der Waals surface area contributed by atoms with Gasteiger partial charge >= 0.3 is 0 Å². The van der Waals surface area contributed by atoms with Gasteiger partial charge in [0, 0.05) is 52.4 Å². The van der Waals surface area contributed by atoms with Gasteiger partial charge in [0.1, 0.15) is 23.3 Å². The fraction of sp³-hybridized carbons (Fsp3) is 0.579. The van der Waals surface area contributed by atoms with Crippen LogP contribution in [0.4, 0.5) is 11.6 Å². The van der Waals surface area contributed by atoms with Gasteiger partial charge in [-0.2, -0.15) is 0 Å². The largest absolute Gasteiger partial charge is 0.400 e. The fourth-order valence-electron chi connectivity index (χ4n) is 2.15. The Morgan fingerprint density at radius 2 is 1.31 bits per heavy atom. The van der Waals surface area contributed by atoms with E-state index in [2.05, 4.69) is 89.8 Å². The summed E-state index contributed by atoms with van der Waals surface area (Å²) in [4.78, 5) is 17.1. The quantitative estimate of drug-likeness (QED) is 0.370. The molecule has 0 aromatic carbocycles. The van der Waals surface area contributed by atoms with Gasteiger partial charge in [0.05, 0.1) is 9.26 Å². The molecular weight excluding hydrogens is 618 g/mol. The molecule has 29 heavy (non-hydrogen) atoms. The molecule has 166 valence electrons. The maximum atomic E-state index is 7.00. The van der Waals surface area contributed by atoms with Crippen molar-refractivity contribution in [3.8, 4) is 0 Å². The lowest BCUT2D eigenvalue weighted by atomic mass is 10.3. The number of hydrogen-bond acceptors (Lipinski definition) is 7. The SMILES string of the molecule is CO.Cc1cc(NC(C)C)nc(C)n1.Cc1nc(C)c(I)c(NC(C)C)n1.ClI. The maximum absolute atomic E-state index is 7.00. The Labute approximate surface area is 206 Å². The monoisotopic (exact) mass is 650 g/mol. The van der Waals surface area contributed by atoms with Gasteiger partial charge in [-0.05, 0) is 86.9 Å². The Hall–Kier alpha value is -0.530. The number of anilines is 2. The van der Waals surface area contributed by atoms with Crippen molar-refractivity contribution in [2.45, 2.75) is 67.5 Å². The Morgan fingerprint density at radius 3 is 1.76 bits per heavy atom. The van der Waals surface area contributed by atoms with Gasteiger partial charge in [-0.3, -0.25) is 0 Å². The molecule has 0 aliphatic carbocycles. The fourth-order valence-corrected chi connectivity index (χ4v) is 2.55. The summed E-state index contributed by atoms with van der Waals surface area (Å²) in [5, 5.41) is 13.5. The lowest BCUT2D eigenvalue weighted by Crippen LogP contribution is -2.14. The minimum atomic E-state index is 0.405. The number of halogens is 3. The van der Waals surface area contributed by atoms with Crippen LogP contribution in [0.5, 0.6) is 0 Å². The standard InChI is InChI=1S/C9H14IN3.C9H15N3.CH4O.ClI/c1-5(2)11-9-8(10)6(3)12-7(4)13-9;1-6(2)10-9-5-7(3)11-8(4)12-9;2*1-2/h5H,1-4H3,(H,11,12,13);5-6H,1-4H3,(H,10,11,12);2H,1H3;. The molecule has 2 heterocycles. The molecule has 2 aromatic rings. The van der Waals surface area contributed by atoms with E-state index >= 15 is 0 Å². The first-order valence-electron chi connectivity index (χ1n) is 9.03. The number of nitrogens with zero attached hydrogens (tertiary/aromatic N) is 4. The molecule has 0 bridgehead atoms. The van der Waals surface area contributed by atoms with Gasteiger partial charge in [0.25, 0.3) is 0 Å². The highest BCUT2D eigenvalue weighted by Crippen LogP contribution is 2.18. The van der Waals surface area contributed by atoms with E-state index in [-0.39, 0.29) is 0 Å². The average Bonchev–Trinajstić information content (AvgIpc) is 2.61. The third-order valence-corrected chi connectivity index (χ3v) is 4.25. The molecule has 0 spiro atoms. The summed E-state index contributed by atoms with van der Waals surface area (Å²) in [5.41, 5.74) is 2.04. The normalized spacial score (nSPS) is 9.48. The predicted molar refractivity (Wildman–Crippen MR) is 141 cm³/mol. The van der Waals surface area contributed by atoms with Crippen LogP contribution in [0.25, 0.3) is 0 Å². The second-order valence-corrected chi connectivity index (χ2v) is 7.64. The second kappa shape index (κ2) is 17.2. The highest BCUT2D eigenvalue weighted by molar-refractivity contribution is 14.1. The number of aryl methyl sites for hydroxylation is 4. The van der Waals surface area contributed by atoms with Gasteiger partial charge < -0.3 is 15.7 Å². The van der Waals surface area contributed by atoms with Gasteiger partial charge in [-0.25, -0.2) is 19.9 Å². The highest BCUT2D eigenvalue weighted by Gasteiger charge is 2.07. The van der Waals surface area contributed by atoms with Crippen molar-refractivity contribution in [3.05, 3.63) is 32.7 Å². The van der Waals surface area contributed by atoms with E-state index in [1.807, 2.05) is 33.8 Å². The molecular formula is C19H33ClI2N6O. The first kappa shape index (κ1) is 30.7. The molecule has 2 aromatic heterocycles. The highest BCUT2D eigenvalue weighted by atomic mass is 127. The van der Waals surface area contributed by atoms with Crippen molar-refractivity contribution < 1.29 is 5.11 Å². The summed E-state index contributed by atoms with van der Waals surface area (Å²) in [7, 11) is 5.61. The van der Waals surface area contributed by atoms with Crippen LogP contribution in [0.3, 0.4) is 0 Å². The summed E-state index contributed by atoms with van der Waals surface area (Å²) in [6, 6.07) is 2.77. The van der Waals surface area contributed by atoms with Crippen molar-refractivity contribution in [1.82, 2.24) is 19.9 Å². The van der Waals surface area contributed by atoms with Crippen molar-refractivity contribution in [1.29, 1.82) is 0 Å². The molecule has 0 amide bonds. The first-order chi connectivity index (χ1) is 13.6. The van der Waals surface area contributed by atoms with Crippen LogP contribution in [-0.2, 0) is 0 Å². The Morgan fingerprint density at radius 1 is 0.828 bits per heavy atom. The van der Waals surface area contributed by atoms with E-state index in [0.29, 0.717) is 12.1 Å². The molecule has 0 fully saturated rings. The van der Waals surface area contributed by atoms with Gasteiger partial charge in [-0.15, -0.1) is 0 Å². The predicted octanol–water partition coefficient (Wildman–Crippen LogP) is 5.62. The zero-order valence-electron chi connectivity index (χ0n) is 18.6. The van der Waals surface area contributed by atoms with E-state index in [1.54, 1.807) is 21.5 Å². The van der Waals surface area contributed by atoms with Crippen LogP contribution in [0.15, 0.2) is 6.07 Å². The Kier molecular flexibility index (Phi) is 18.2. The van der Waals surface area contributed by atoms with Crippen LogP contribution in [-0.4, -0.2) is 44.2 Å². The third-order valence-electron chi connectivity index (χ3n) is 2.96. The molecule has 0 saturated carbocycles. The molecule has 0 saturated heterocycles. The van der Waals surface area contributed by atoms with E-state index in [9.17, 15) is 0 Å². The zero-order valence-corrected chi connectivity index (χ0v) is 23.7. The lowest BCUT2D eigenvalue weighted by Gasteiger charge is -2.12. The maximum Gasteiger partial charge on any atom is 0.143 e. The van der Waals surface area contributed by atoms with Crippen LogP contribution in [0, 0.1) is 31.3 Å². The van der Waals surface area contributed by atoms with Crippen LogP contribution >= 0.6 is 53.0 Å². The van der Waals surface area contributed by atoms with E-state index in [1.165, 1.54) is 0 Å². The van der Waals surface area contributed by atoms with Gasteiger partial charge in [-0.1, -0.05) is 0 Å². The number of nitrogens with one attached hydrogen (secondary N) is 2. The minimum absolute atomic E-state index is 0.405. The average molecular weight is 651 g/mol. The Balaban J connectivity index is 0. The molecule has 2 rings (SSSR count). The van der Waals surface area contributed by atoms with E-state index in [4.69, 9.17) is 5.11 Å². The number of aromatic nitrogens is 4. The molecule has 7 nitrogen and oxygen atoms in total. The molecule has 0 radical (unpaired) electrons. The number of aliphatic hydroxyl groups excluding tert-OH is 1. The first-order valence-corrected chi connectivity index (χ1v) is 12.8. The molecule has 3 N–H and O–H groups in total. The zero-order chi connectivity index (χ0) is 23.1. The number of aliphatic hydroxyl groups is 1. The number of rotatable bonds is 4. The van der Waals surface area contributed by atoms with Crippen LogP contribution in [0.1, 0.15) is 50.7 Å². The summed E-state index contributed by atoms with van der Waals surface area (Å²) in [6.45, 7) is 16.2. The van der Waals surface area contributed by atoms with Crippen LogP contribution < -0.4 is 10.6 Å². The lowest BCUT2D eigenvalue weighted by molar-refractivity contribution is 0.399. The van der Waals surface area contributed by atoms with Crippen molar-refractivity contribution >= 4 is 64.6 Å².